The van der Waals surface area contributed by atoms with E-state index in [0.29, 0.717) is 39.2 Å². The minimum atomic E-state index is 0.122. The summed E-state index contributed by atoms with van der Waals surface area (Å²) in [6, 6.07) is 6.37. The molecule has 2 saturated heterocycles. The van der Waals surface area contributed by atoms with Gasteiger partial charge in [-0.1, -0.05) is 12.2 Å². The molecule has 4 rings (SSSR count). The number of benzene rings is 1. The standard InChI is InChI=1S/C27H41N5O3/c1-3-30(4-2)26(33)17-21-9-12-32-20-22(21)6-5-15-35-25-8-7-24(31-13-10-28-11-14-31)16-23(25)18-29-19-27(32)34/h5-8,16,21-22,28-29H,3-4,9-15,17-20H2,1-2H3/b6-5+/t21-,22-/m0/s1. The average Bonchev–Trinajstić information content (AvgIpc) is 2.89. The summed E-state index contributed by atoms with van der Waals surface area (Å²) in [5.74, 6) is 1.59. The molecular weight excluding hydrogens is 442 g/mol. The van der Waals surface area contributed by atoms with E-state index in [0.717, 1.165) is 57.0 Å². The topological polar surface area (TPSA) is 77.2 Å². The molecule has 2 N–H and O–H groups in total. The van der Waals surface area contributed by atoms with Crippen molar-refractivity contribution in [3.05, 3.63) is 35.9 Å². The summed E-state index contributed by atoms with van der Waals surface area (Å²) < 4.78 is 6.17. The molecule has 0 spiro atoms. The molecule has 2 amide bonds. The number of ether oxygens (including phenoxy) is 1. The van der Waals surface area contributed by atoms with E-state index in [9.17, 15) is 9.59 Å². The summed E-state index contributed by atoms with van der Waals surface area (Å²) in [6.45, 7) is 12.2. The van der Waals surface area contributed by atoms with Gasteiger partial charge in [0.05, 0.1) is 6.54 Å². The number of fused-ring (bicyclic) bond motifs is 3. The first-order chi connectivity index (χ1) is 17.1. The summed E-state index contributed by atoms with van der Waals surface area (Å²) in [5, 5.41) is 6.75. The fraction of sp³-hybridized carbons (Fsp3) is 0.630. The van der Waals surface area contributed by atoms with Gasteiger partial charge in [0.2, 0.25) is 11.8 Å². The second-order valence-corrected chi connectivity index (χ2v) is 9.69. The number of piperidine rings is 1. The zero-order valence-corrected chi connectivity index (χ0v) is 21.3. The maximum Gasteiger partial charge on any atom is 0.236 e. The molecule has 8 heteroatoms. The molecule has 192 valence electrons. The van der Waals surface area contributed by atoms with E-state index in [1.807, 2.05) is 23.6 Å². The van der Waals surface area contributed by atoms with Gasteiger partial charge in [0, 0.05) is 76.6 Å². The van der Waals surface area contributed by atoms with Crippen LogP contribution in [-0.4, -0.2) is 87.1 Å². The quantitative estimate of drug-likeness (QED) is 0.623. The maximum absolute atomic E-state index is 13.0. The normalized spacial score (nSPS) is 24.3. The Balaban J connectivity index is 1.48. The van der Waals surface area contributed by atoms with Crippen molar-refractivity contribution < 1.29 is 14.3 Å². The Morgan fingerprint density at radius 1 is 1.09 bits per heavy atom. The predicted molar refractivity (Wildman–Crippen MR) is 139 cm³/mol. The fourth-order valence-electron chi connectivity index (χ4n) is 5.41. The van der Waals surface area contributed by atoms with Crippen molar-refractivity contribution in [2.24, 2.45) is 11.8 Å². The van der Waals surface area contributed by atoms with Crippen molar-refractivity contribution in [2.75, 3.05) is 70.4 Å². The molecular formula is C27H41N5O3. The molecule has 2 atom stereocenters. The van der Waals surface area contributed by atoms with E-state index in [-0.39, 0.29) is 23.7 Å². The predicted octanol–water partition coefficient (Wildman–Crippen LogP) is 1.86. The molecule has 0 saturated carbocycles. The molecule has 0 unspecified atom stereocenters. The minimum absolute atomic E-state index is 0.122. The summed E-state index contributed by atoms with van der Waals surface area (Å²) in [4.78, 5) is 32.0. The summed E-state index contributed by atoms with van der Waals surface area (Å²) >= 11 is 0. The maximum atomic E-state index is 13.0. The van der Waals surface area contributed by atoms with Crippen LogP contribution in [0.4, 0.5) is 5.69 Å². The average molecular weight is 484 g/mol. The highest BCUT2D eigenvalue weighted by Crippen LogP contribution is 2.30. The molecule has 3 heterocycles. The van der Waals surface area contributed by atoms with E-state index in [2.05, 4.69) is 45.9 Å². The van der Waals surface area contributed by atoms with Crippen molar-refractivity contribution >= 4 is 17.5 Å². The lowest BCUT2D eigenvalue weighted by Crippen LogP contribution is -2.47. The molecule has 0 aromatic heterocycles. The highest BCUT2D eigenvalue weighted by Gasteiger charge is 2.32. The molecule has 2 fully saturated rings. The lowest BCUT2D eigenvalue weighted by molar-refractivity contribution is -0.134. The van der Waals surface area contributed by atoms with Crippen LogP contribution in [0.15, 0.2) is 30.4 Å². The van der Waals surface area contributed by atoms with Crippen molar-refractivity contribution in [1.82, 2.24) is 20.4 Å². The first kappa shape index (κ1) is 25.5. The van der Waals surface area contributed by atoms with Gasteiger partial charge in [0.25, 0.3) is 0 Å². The van der Waals surface area contributed by atoms with E-state index in [1.165, 1.54) is 5.69 Å². The van der Waals surface area contributed by atoms with E-state index < -0.39 is 0 Å². The molecule has 35 heavy (non-hydrogen) atoms. The Kier molecular flexibility index (Phi) is 9.04. The van der Waals surface area contributed by atoms with Gasteiger partial charge >= 0.3 is 0 Å². The van der Waals surface area contributed by atoms with Crippen LogP contribution in [0.25, 0.3) is 0 Å². The van der Waals surface area contributed by atoms with Gasteiger partial charge < -0.3 is 30.1 Å². The summed E-state index contributed by atoms with van der Waals surface area (Å²) in [7, 11) is 0. The highest BCUT2D eigenvalue weighted by atomic mass is 16.5. The minimum Gasteiger partial charge on any atom is -0.489 e. The molecule has 3 aliphatic heterocycles. The first-order valence-electron chi connectivity index (χ1n) is 13.2. The number of rotatable bonds is 5. The van der Waals surface area contributed by atoms with Crippen LogP contribution >= 0.6 is 0 Å². The van der Waals surface area contributed by atoms with Gasteiger partial charge in [-0.15, -0.1) is 0 Å². The van der Waals surface area contributed by atoms with Gasteiger partial charge in [-0.2, -0.15) is 0 Å². The Bertz CT molecular complexity index is 895. The van der Waals surface area contributed by atoms with Crippen LogP contribution < -0.4 is 20.3 Å². The van der Waals surface area contributed by atoms with Crippen LogP contribution in [0.2, 0.25) is 0 Å². The SMILES string of the molecule is CCN(CC)C(=O)C[C@@H]1CCN2C[C@@H]1/C=C/COc1ccc(N3CCNCC3)cc1CNCC2=O. The lowest BCUT2D eigenvalue weighted by atomic mass is 9.82. The molecule has 2 bridgehead atoms. The molecule has 1 aromatic carbocycles. The summed E-state index contributed by atoms with van der Waals surface area (Å²) in [6.07, 6.45) is 5.62. The van der Waals surface area contributed by atoms with E-state index in [1.54, 1.807) is 0 Å². The zero-order chi connectivity index (χ0) is 24.6. The smallest absolute Gasteiger partial charge is 0.236 e. The van der Waals surface area contributed by atoms with Gasteiger partial charge in [-0.05, 0) is 50.3 Å². The van der Waals surface area contributed by atoms with E-state index >= 15 is 0 Å². The Morgan fingerprint density at radius 3 is 2.66 bits per heavy atom. The summed E-state index contributed by atoms with van der Waals surface area (Å²) in [5.41, 5.74) is 2.27. The number of nitrogens with zero attached hydrogens (tertiary/aromatic N) is 3. The van der Waals surface area contributed by atoms with Crippen molar-refractivity contribution in [3.8, 4) is 5.75 Å². The monoisotopic (exact) mass is 483 g/mol. The lowest BCUT2D eigenvalue weighted by Gasteiger charge is -2.38. The van der Waals surface area contributed by atoms with Crippen LogP contribution in [0, 0.1) is 11.8 Å². The van der Waals surface area contributed by atoms with Crippen LogP contribution in [0.5, 0.6) is 5.75 Å². The van der Waals surface area contributed by atoms with Crippen LogP contribution in [0.1, 0.15) is 32.3 Å². The largest absolute Gasteiger partial charge is 0.489 e. The third-order valence-corrected chi connectivity index (χ3v) is 7.55. The fourth-order valence-corrected chi connectivity index (χ4v) is 5.41. The second kappa shape index (κ2) is 12.4. The Hall–Kier alpha value is -2.58. The Labute approximate surface area is 209 Å². The third-order valence-electron chi connectivity index (χ3n) is 7.55. The number of piperazine rings is 1. The Morgan fingerprint density at radius 2 is 1.89 bits per heavy atom. The van der Waals surface area contributed by atoms with Crippen LogP contribution in [-0.2, 0) is 16.1 Å². The van der Waals surface area contributed by atoms with Gasteiger partial charge in [-0.25, -0.2) is 0 Å². The van der Waals surface area contributed by atoms with Crippen molar-refractivity contribution in [2.45, 2.75) is 33.2 Å². The highest BCUT2D eigenvalue weighted by molar-refractivity contribution is 5.79. The molecule has 0 radical (unpaired) electrons. The van der Waals surface area contributed by atoms with Gasteiger partial charge in [0.15, 0.2) is 0 Å². The second-order valence-electron chi connectivity index (χ2n) is 9.69. The first-order valence-corrected chi connectivity index (χ1v) is 13.2. The van der Waals surface area contributed by atoms with Gasteiger partial charge in [0.1, 0.15) is 12.4 Å². The van der Waals surface area contributed by atoms with Gasteiger partial charge in [-0.3, -0.25) is 9.59 Å². The van der Waals surface area contributed by atoms with E-state index in [4.69, 9.17) is 4.74 Å². The number of hydrogen-bond acceptors (Lipinski definition) is 6. The number of nitrogens with one attached hydrogen (secondary N) is 2. The third kappa shape index (κ3) is 6.55. The molecule has 1 aromatic rings. The zero-order valence-electron chi connectivity index (χ0n) is 21.3. The van der Waals surface area contributed by atoms with Crippen molar-refractivity contribution in [3.63, 3.8) is 0 Å². The number of carbonyl (C=O) groups excluding carboxylic acids is 2. The molecule has 0 aliphatic carbocycles. The van der Waals surface area contributed by atoms with Crippen LogP contribution in [0.3, 0.4) is 0 Å². The molecule has 3 aliphatic rings. The number of carbonyl (C=O) groups is 2. The number of amides is 2. The van der Waals surface area contributed by atoms with Crippen molar-refractivity contribution in [1.29, 1.82) is 0 Å². The number of anilines is 1. The molecule has 8 nitrogen and oxygen atoms in total. The number of hydrogen-bond donors (Lipinski definition) is 2.